The van der Waals surface area contributed by atoms with E-state index in [-0.39, 0.29) is 16.7 Å². The van der Waals surface area contributed by atoms with E-state index in [1.54, 1.807) is 28.8 Å². The van der Waals surface area contributed by atoms with Crippen molar-refractivity contribution in [3.63, 3.8) is 0 Å². The summed E-state index contributed by atoms with van der Waals surface area (Å²) in [5.41, 5.74) is 0.681. The molecular weight excluding hydrogens is 361 g/mol. The Bertz CT molecular complexity index is 1250. The van der Waals surface area contributed by atoms with Crippen molar-refractivity contribution in [2.45, 2.75) is 0 Å². The lowest BCUT2D eigenvalue weighted by molar-refractivity contribution is 0.102. The molecule has 28 heavy (non-hydrogen) atoms. The number of pyridine rings is 2. The van der Waals surface area contributed by atoms with Crippen molar-refractivity contribution in [2.24, 2.45) is 0 Å². The summed E-state index contributed by atoms with van der Waals surface area (Å²) in [5, 5.41) is 12.4. The lowest BCUT2D eigenvalue weighted by atomic mass is 10.1. The molecule has 0 fully saturated rings. The van der Waals surface area contributed by atoms with Gasteiger partial charge in [-0.2, -0.15) is 0 Å². The number of aromatic hydroxyl groups is 1. The van der Waals surface area contributed by atoms with Gasteiger partial charge >= 0.3 is 0 Å². The molecule has 0 spiro atoms. The number of hydrogen-bond donors (Lipinski definition) is 2. The molecule has 6 nitrogen and oxygen atoms in total. The first-order valence-electron chi connectivity index (χ1n) is 8.39. The SMILES string of the molecule is O=C(Nc1cccc(O)c1)c1cn(-c2ccc(F)cc2)c2ncccc2c1=O. The van der Waals surface area contributed by atoms with Gasteiger partial charge in [0.25, 0.3) is 5.91 Å². The van der Waals surface area contributed by atoms with E-state index in [0.717, 1.165) is 0 Å². The largest absolute Gasteiger partial charge is 0.508 e. The Kier molecular flexibility index (Phi) is 4.33. The number of phenolic OH excluding ortho intramolecular Hbond substituents is 1. The van der Waals surface area contributed by atoms with Crippen LogP contribution in [0.3, 0.4) is 0 Å². The van der Waals surface area contributed by atoms with Crippen LogP contribution in [0.4, 0.5) is 10.1 Å². The first-order chi connectivity index (χ1) is 13.5. The van der Waals surface area contributed by atoms with Crippen molar-refractivity contribution in [3.8, 4) is 11.4 Å². The molecule has 2 heterocycles. The Morgan fingerprint density at radius 2 is 1.86 bits per heavy atom. The van der Waals surface area contributed by atoms with Crippen LogP contribution in [0, 0.1) is 5.82 Å². The molecule has 2 aromatic carbocycles. The molecule has 0 atom stereocenters. The third-order valence-corrected chi connectivity index (χ3v) is 4.22. The molecular formula is C21H14FN3O3. The van der Waals surface area contributed by atoms with E-state index in [1.165, 1.54) is 48.8 Å². The maximum Gasteiger partial charge on any atom is 0.261 e. The number of halogens is 1. The number of anilines is 1. The van der Waals surface area contributed by atoms with Crippen molar-refractivity contribution in [1.82, 2.24) is 9.55 Å². The molecule has 0 bridgehead atoms. The number of carbonyl (C=O) groups is 1. The summed E-state index contributed by atoms with van der Waals surface area (Å²) in [4.78, 5) is 29.8. The van der Waals surface area contributed by atoms with Gasteiger partial charge in [0.15, 0.2) is 0 Å². The number of amides is 1. The van der Waals surface area contributed by atoms with Crippen LogP contribution < -0.4 is 10.7 Å². The van der Waals surface area contributed by atoms with E-state index >= 15 is 0 Å². The maximum atomic E-state index is 13.3. The number of phenols is 1. The Morgan fingerprint density at radius 3 is 2.61 bits per heavy atom. The standard InChI is InChI=1S/C21H14FN3O3/c22-13-6-8-15(9-7-13)25-12-18(19(27)17-5-2-10-23-20(17)25)21(28)24-14-3-1-4-16(26)11-14/h1-12,26H,(H,24,28). The van der Waals surface area contributed by atoms with Gasteiger partial charge in [0.2, 0.25) is 5.43 Å². The molecule has 0 aliphatic rings. The van der Waals surface area contributed by atoms with Crippen LogP contribution in [0.25, 0.3) is 16.7 Å². The van der Waals surface area contributed by atoms with Crippen LogP contribution in [0.1, 0.15) is 10.4 Å². The highest BCUT2D eigenvalue weighted by Crippen LogP contribution is 2.19. The van der Waals surface area contributed by atoms with Crippen molar-refractivity contribution >= 4 is 22.6 Å². The minimum Gasteiger partial charge on any atom is -0.508 e. The second-order valence-corrected chi connectivity index (χ2v) is 6.10. The first-order valence-corrected chi connectivity index (χ1v) is 8.39. The molecule has 7 heteroatoms. The van der Waals surface area contributed by atoms with E-state index < -0.39 is 17.2 Å². The van der Waals surface area contributed by atoms with E-state index in [1.807, 2.05) is 0 Å². The summed E-state index contributed by atoms with van der Waals surface area (Å²) >= 11 is 0. The third kappa shape index (κ3) is 3.21. The molecule has 0 aliphatic carbocycles. The van der Waals surface area contributed by atoms with Gasteiger partial charge in [-0.15, -0.1) is 0 Å². The van der Waals surface area contributed by atoms with Gasteiger partial charge < -0.3 is 15.0 Å². The Morgan fingerprint density at radius 1 is 1.07 bits per heavy atom. The number of benzene rings is 2. The zero-order valence-electron chi connectivity index (χ0n) is 14.5. The molecule has 0 unspecified atom stereocenters. The van der Waals surface area contributed by atoms with Crippen molar-refractivity contribution in [3.05, 3.63) is 94.7 Å². The average molecular weight is 375 g/mol. The van der Waals surface area contributed by atoms with E-state index in [0.29, 0.717) is 17.0 Å². The maximum absolute atomic E-state index is 13.3. The van der Waals surface area contributed by atoms with Gasteiger partial charge in [0, 0.05) is 29.8 Å². The molecule has 0 radical (unpaired) electrons. The fraction of sp³-hybridized carbons (Fsp3) is 0. The second-order valence-electron chi connectivity index (χ2n) is 6.10. The number of aromatic nitrogens is 2. The van der Waals surface area contributed by atoms with Crippen molar-refractivity contribution in [1.29, 1.82) is 0 Å². The molecule has 4 aromatic rings. The number of carbonyl (C=O) groups excluding carboxylic acids is 1. The highest BCUT2D eigenvalue weighted by atomic mass is 19.1. The van der Waals surface area contributed by atoms with Crippen LogP contribution in [0.2, 0.25) is 0 Å². The summed E-state index contributed by atoms with van der Waals surface area (Å²) in [6.45, 7) is 0. The van der Waals surface area contributed by atoms with Crippen LogP contribution >= 0.6 is 0 Å². The van der Waals surface area contributed by atoms with Gasteiger partial charge in [-0.25, -0.2) is 9.37 Å². The minimum atomic E-state index is -0.628. The lowest BCUT2D eigenvalue weighted by Crippen LogP contribution is -2.24. The zero-order valence-corrected chi connectivity index (χ0v) is 14.5. The summed E-state index contributed by atoms with van der Waals surface area (Å²) < 4.78 is 14.9. The Hall–Kier alpha value is -4.00. The molecule has 2 aromatic heterocycles. The van der Waals surface area contributed by atoms with Gasteiger partial charge in [-0.1, -0.05) is 6.07 Å². The summed E-state index contributed by atoms with van der Waals surface area (Å²) in [6, 6.07) is 14.8. The van der Waals surface area contributed by atoms with E-state index in [9.17, 15) is 19.1 Å². The lowest BCUT2D eigenvalue weighted by Gasteiger charge is -2.13. The zero-order chi connectivity index (χ0) is 19.7. The highest BCUT2D eigenvalue weighted by Gasteiger charge is 2.17. The highest BCUT2D eigenvalue weighted by molar-refractivity contribution is 6.05. The predicted octanol–water partition coefficient (Wildman–Crippen LogP) is 3.48. The average Bonchev–Trinajstić information content (AvgIpc) is 2.69. The van der Waals surface area contributed by atoms with E-state index in [4.69, 9.17) is 0 Å². The Labute approximate surface area is 158 Å². The smallest absolute Gasteiger partial charge is 0.261 e. The third-order valence-electron chi connectivity index (χ3n) is 4.22. The number of rotatable bonds is 3. The predicted molar refractivity (Wildman–Crippen MR) is 103 cm³/mol. The Balaban J connectivity index is 1.87. The molecule has 2 N–H and O–H groups in total. The molecule has 1 amide bonds. The topological polar surface area (TPSA) is 84.2 Å². The van der Waals surface area contributed by atoms with Gasteiger partial charge in [-0.3, -0.25) is 9.59 Å². The van der Waals surface area contributed by atoms with Crippen LogP contribution in [0.5, 0.6) is 5.75 Å². The quantitative estimate of drug-likeness (QED) is 0.574. The second kappa shape index (κ2) is 6.96. The monoisotopic (exact) mass is 375 g/mol. The van der Waals surface area contributed by atoms with Crippen LogP contribution in [-0.2, 0) is 0 Å². The first kappa shape index (κ1) is 17.4. The number of fused-ring (bicyclic) bond motifs is 1. The fourth-order valence-corrected chi connectivity index (χ4v) is 2.90. The number of nitrogens with zero attached hydrogens (tertiary/aromatic N) is 2. The molecule has 0 aliphatic heterocycles. The molecule has 0 saturated carbocycles. The molecule has 138 valence electrons. The normalized spacial score (nSPS) is 10.8. The van der Waals surface area contributed by atoms with Gasteiger partial charge in [-0.05, 0) is 48.5 Å². The van der Waals surface area contributed by atoms with Gasteiger partial charge in [0.1, 0.15) is 22.8 Å². The summed E-state index contributed by atoms with van der Waals surface area (Å²) in [7, 11) is 0. The minimum absolute atomic E-state index is 0.00997. The summed E-state index contributed by atoms with van der Waals surface area (Å²) in [5.74, 6) is -1.04. The van der Waals surface area contributed by atoms with Crippen LogP contribution in [-0.4, -0.2) is 20.6 Å². The van der Waals surface area contributed by atoms with E-state index in [2.05, 4.69) is 10.3 Å². The van der Waals surface area contributed by atoms with Crippen molar-refractivity contribution in [2.75, 3.05) is 5.32 Å². The fourth-order valence-electron chi connectivity index (χ4n) is 2.90. The number of nitrogens with one attached hydrogen (secondary N) is 1. The van der Waals surface area contributed by atoms with Crippen molar-refractivity contribution < 1.29 is 14.3 Å². The number of hydrogen-bond acceptors (Lipinski definition) is 4. The molecule has 4 rings (SSSR count). The summed E-state index contributed by atoms with van der Waals surface area (Å²) in [6.07, 6.45) is 2.91. The van der Waals surface area contributed by atoms with Crippen LogP contribution in [0.15, 0.2) is 77.9 Å². The molecule has 0 saturated heterocycles. The van der Waals surface area contributed by atoms with Gasteiger partial charge in [0.05, 0.1) is 5.39 Å².